The van der Waals surface area contributed by atoms with Crippen LogP contribution < -0.4 is 5.32 Å². The highest BCUT2D eigenvalue weighted by Gasteiger charge is 2.46. The van der Waals surface area contributed by atoms with Crippen molar-refractivity contribution in [3.8, 4) is 0 Å². The molecule has 1 N–H and O–H groups in total. The van der Waals surface area contributed by atoms with Gasteiger partial charge in [-0.3, -0.25) is 0 Å². The minimum Gasteiger partial charge on any atom is -0.316 e. The Morgan fingerprint density at radius 1 is 1.19 bits per heavy atom. The van der Waals surface area contributed by atoms with Gasteiger partial charge in [0.25, 0.3) is 0 Å². The van der Waals surface area contributed by atoms with Crippen molar-refractivity contribution in [3.63, 3.8) is 0 Å². The molecule has 0 radical (unpaired) electrons. The van der Waals surface area contributed by atoms with E-state index in [1.807, 2.05) is 12.1 Å². The monoisotopic (exact) mass is 219 g/mol. The highest BCUT2D eigenvalue weighted by atomic mass is 19.1. The molecule has 1 unspecified atom stereocenters. The first kappa shape index (κ1) is 10.3. The van der Waals surface area contributed by atoms with Gasteiger partial charge >= 0.3 is 0 Å². The molecule has 2 aliphatic rings. The average Bonchev–Trinajstić information content (AvgIpc) is 2.28. The first-order valence-corrected chi connectivity index (χ1v) is 6.27. The predicted molar refractivity (Wildman–Crippen MR) is 62.9 cm³/mol. The van der Waals surface area contributed by atoms with E-state index in [4.69, 9.17) is 0 Å². The van der Waals surface area contributed by atoms with Gasteiger partial charge in [-0.15, -0.1) is 0 Å². The third-order valence-electron chi connectivity index (χ3n) is 4.52. The van der Waals surface area contributed by atoms with Crippen molar-refractivity contribution in [1.29, 1.82) is 0 Å². The Kier molecular flexibility index (Phi) is 2.47. The molecule has 1 aliphatic heterocycles. The van der Waals surface area contributed by atoms with Gasteiger partial charge in [0.15, 0.2) is 0 Å². The molecule has 1 heterocycles. The molecule has 2 heteroatoms. The number of benzene rings is 1. The standard InChI is InChI=1S/C14H18FN/c15-13-5-2-1-4-11(13)12-10-16-9-8-14(12)6-3-7-14/h1-2,4-5,12,16H,3,6-10H2. The van der Waals surface area contributed by atoms with E-state index in [9.17, 15) is 4.39 Å². The minimum absolute atomic E-state index is 0.0255. The smallest absolute Gasteiger partial charge is 0.126 e. The SMILES string of the molecule is Fc1ccccc1C1CNCCC12CCC2. The molecule has 86 valence electrons. The molecule has 1 atom stereocenters. The van der Waals surface area contributed by atoms with Crippen LogP contribution in [0.3, 0.4) is 0 Å². The van der Waals surface area contributed by atoms with Gasteiger partial charge in [-0.1, -0.05) is 24.6 Å². The molecular weight excluding hydrogens is 201 g/mol. The maximum atomic E-state index is 13.9. The molecule has 0 aromatic heterocycles. The molecule has 0 amide bonds. The van der Waals surface area contributed by atoms with Gasteiger partial charge in [0, 0.05) is 12.5 Å². The maximum absolute atomic E-state index is 13.9. The second-order valence-electron chi connectivity index (χ2n) is 5.24. The summed E-state index contributed by atoms with van der Waals surface area (Å²) < 4.78 is 13.9. The second-order valence-corrected chi connectivity index (χ2v) is 5.24. The van der Waals surface area contributed by atoms with Gasteiger partial charge < -0.3 is 5.32 Å². The number of hydrogen-bond donors (Lipinski definition) is 1. The lowest BCUT2D eigenvalue weighted by molar-refractivity contribution is 0.0565. The summed E-state index contributed by atoms with van der Waals surface area (Å²) in [6, 6.07) is 7.30. The molecular formula is C14H18FN. The van der Waals surface area contributed by atoms with Crippen LogP contribution in [0.1, 0.15) is 37.2 Å². The van der Waals surface area contributed by atoms with Gasteiger partial charge in [-0.25, -0.2) is 4.39 Å². The van der Waals surface area contributed by atoms with Crippen LogP contribution in [0.2, 0.25) is 0 Å². The van der Waals surface area contributed by atoms with E-state index < -0.39 is 0 Å². The number of rotatable bonds is 1. The lowest BCUT2D eigenvalue weighted by atomic mass is 9.56. The average molecular weight is 219 g/mol. The second kappa shape index (κ2) is 3.85. The maximum Gasteiger partial charge on any atom is 0.126 e. The molecule has 1 aromatic rings. The first-order valence-electron chi connectivity index (χ1n) is 6.27. The highest BCUT2D eigenvalue weighted by Crippen LogP contribution is 2.55. The van der Waals surface area contributed by atoms with E-state index in [2.05, 4.69) is 5.32 Å². The molecule has 1 aliphatic carbocycles. The van der Waals surface area contributed by atoms with Crippen molar-refractivity contribution in [1.82, 2.24) is 5.32 Å². The number of nitrogens with one attached hydrogen (secondary N) is 1. The van der Waals surface area contributed by atoms with Crippen molar-refractivity contribution in [2.75, 3.05) is 13.1 Å². The van der Waals surface area contributed by atoms with Crippen LogP contribution in [0, 0.1) is 11.2 Å². The van der Waals surface area contributed by atoms with E-state index in [0.29, 0.717) is 11.3 Å². The Labute approximate surface area is 96.1 Å². The molecule has 0 bridgehead atoms. The van der Waals surface area contributed by atoms with Crippen LogP contribution in [0.5, 0.6) is 0 Å². The van der Waals surface area contributed by atoms with Crippen LogP contribution in [-0.2, 0) is 0 Å². The van der Waals surface area contributed by atoms with Crippen LogP contribution in [0.4, 0.5) is 4.39 Å². The fraction of sp³-hybridized carbons (Fsp3) is 0.571. The van der Waals surface area contributed by atoms with Gasteiger partial charge in [0.1, 0.15) is 5.82 Å². The molecule has 1 nitrogen and oxygen atoms in total. The third-order valence-corrected chi connectivity index (χ3v) is 4.52. The fourth-order valence-electron chi connectivity index (χ4n) is 3.40. The Morgan fingerprint density at radius 2 is 2.00 bits per heavy atom. The number of halogens is 1. The zero-order valence-electron chi connectivity index (χ0n) is 9.51. The zero-order chi connectivity index (χ0) is 11.0. The lowest BCUT2D eigenvalue weighted by Gasteiger charge is -2.51. The molecule has 1 saturated heterocycles. The van der Waals surface area contributed by atoms with Crippen LogP contribution in [-0.4, -0.2) is 13.1 Å². The van der Waals surface area contributed by atoms with Crippen LogP contribution in [0.25, 0.3) is 0 Å². The Bertz CT molecular complexity index is 384. The summed E-state index contributed by atoms with van der Waals surface area (Å²) in [4.78, 5) is 0. The van der Waals surface area contributed by atoms with Crippen molar-refractivity contribution in [2.45, 2.75) is 31.6 Å². The van der Waals surface area contributed by atoms with E-state index in [1.54, 1.807) is 12.1 Å². The first-order chi connectivity index (χ1) is 7.82. The number of hydrogen-bond acceptors (Lipinski definition) is 1. The molecule has 2 fully saturated rings. The summed E-state index contributed by atoms with van der Waals surface area (Å²) >= 11 is 0. The Morgan fingerprint density at radius 3 is 2.69 bits per heavy atom. The molecule has 1 saturated carbocycles. The zero-order valence-corrected chi connectivity index (χ0v) is 9.51. The van der Waals surface area contributed by atoms with Crippen molar-refractivity contribution in [2.24, 2.45) is 5.41 Å². The van der Waals surface area contributed by atoms with Gasteiger partial charge in [-0.2, -0.15) is 0 Å². The van der Waals surface area contributed by atoms with E-state index in [-0.39, 0.29) is 5.82 Å². The number of piperidine rings is 1. The van der Waals surface area contributed by atoms with Crippen molar-refractivity contribution < 1.29 is 4.39 Å². The molecule has 3 rings (SSSR count). The fourth-order valence-corrected chi connectivity index (χ4v) is 3.40. The van der Waals surface area contributed by atoms with Crippen molar-refractivity contribution in [3.05, 3.63) is 35.6 Å². The van der Waals surface area contributed by atoms with Crippen LogP contribution >= 0.6 is 0 Å². The lowest BCUT2D eigenvalue weighted by Crippen LogP contribution is -2.47. The third kappa shape index (κ3) is 1.47. The van der Waals surface area contributed by atoms with E-state index in [1.165, 1.54) is 25.7 Å². The Balaban J connectivity index is 1.95. The summed E-state index contributed by atoms with van der Waals surface area (Å²) in [6.07, 6.45) is 5.11. The van der Waals surface area contributed by atoms with Crippen LogP contribution in [0.15, 0.2) is 24.3 Å². The summed E-state index contributed by atoms with van der Waals surface area (Å²) in [6.45, 7) is 2.05. The highest BCUT2D eigenvalue weighted by molar-refractivity contribution is 5.26. The quantitative estimate of drug-likeness (QED) is 0.765. The largest absolute Gasteiger partial charge is 0.316 e. The van der Waals surface area contributed by atoms with Gasteiger partial charge in [-0.05, 0) is 42.9 Å². The molecule has 16 heavy (non-hydrogen) atoms. The van der Waals surface area contributed by atoms with Gasteiger partial charge in [0.2, 0.25) is 0 Å². The van der Waals surface area contributed by atoms with E-state index in [0.717, 1.165) is 18.7 Å². The summed E-state index contributed by atoms with van der Waals surface area (Å²) in [5, 5.41) is 3.42. The topological polar surface area (TPSA) is 12.0 Å². The normalized spacial score (nSPS) is 27.7. The Hall–Kier alpha value is -0.890. The van der Waals surface area contributed by atoms with E-state index >= 15 is 0 Å². The summed E-state index contributed by atoms with van der Waals surface area (Å²) in [7, 11) is 0. The summed E-state index contributed by atoms with van der Waals surface area (Å²) in [5.74, 6) is 0.360. The molecule has 1 spiro atoms. The van der Waals surface area contributed by atoms with Gasteiger partial charge in [0.05, 0.1) is 0 Å². The van der Waals surface area contributed by atoms with Crippen molar-refractivity contribution >= 4 is 0 Å². The predicted octanol–water partition coefficient (Wildman–Crippen LogP) is 3.07. The summed E-state index contributed by atoms with van der Waals surface area (Å²) in [5.41, 5.74) is 1.34. The molecule has 1 aromatic carbocycles. The minimum atomic E-state index is -0.0255.